The summed E-state index contributed by atoms with van der Waals surface area (Å²) in [4.78, 5) is 11.6. The summed E-state index contributed by atoms with van der Waals surface area (Å²) in [5.74, 6) is -7.27. The molecule has 1 rings (SSSR count). The van der Waals surface area contributed by atoms with E-state index in [1.165, 1.54) is 0 Å². The first-order valence-electron chi connectivity index (χ1n) is 5.08. The van der Waals surface area contributed by atoms with Crippen LogP contribution in [0.5, 0.6) is 5.75 Å². The van der Waals surface area contributed by atoms with Crippen LogP contribution in [-0.2, 0) is 0 Å². The third kappa shape index (κ3) is 3.74. The van der Waals surface area contributed by atoms with Gasteiger partial charge in [-0.05, 0) is 19.9 Å². The average molecular weight is 299 g/mol. The highest BCUT2D eigenvalue weighted by molar-refractivity contribution is 5.95. The van der Waals surface area contributed by atoms with Gasteiger partial charge in [0.25, 0.3) is 5.91 Å². The van der Waals surface area contributed by atoms with Crippen molar-refractivity contribution >= 4 is 18.3 Å². The van der Waals surface area contributed by atoms with Gasteiger partial charge in [-0.15, -0.1) is 12.4 Å². The predicted molar refractivity (Wildman–Crippen MR) is 65.8 cm³/mol. The van der Waals surface area contributed by atoms with E-state index in [0.717, 1.165) is 0 Å². The number of hydrogen-bond acceptors (Lipinski definition) is 3. The predicted octanol–water partition coefficient (Wildman–Crippen LogP) is 1.70. The van der Waals surface area contributed by atoms with Crippen molar-refractivity contribution < 1.29 is 23.1 Å². The molecular formula is C11H14ClF3N2O2. The Morgan fingerprint density at radius 2 is 1.89 bits per heavy atom. The van der Waals surface area contributed by atoms with E-state index in [1.807, 2.05) is 0 Å². The fraction of sp³-hybridized carbons (Fsp3) is 0.364. The standard InChI is InChI=1S/C11H13F3N2O2.ClH/c1-11(2,4-15)16-10(18)5-3-6(12)8(14)9(17)7(5)13;/h3,17H,4,15H2,1-2H3,(H,16,18);1H. The Labute approximate surface area is 114 Å². The molecule has 108 valence electrons. The SMILES string of the molecule is CC(C)(CN)NC(=O)c1cc(F)c(F)c(O)c1F.Cl. The molecule has 0 unspecified atom stereocenters. The van der Waals surface area contributed by atoms with Crippen molar-refractivity contribution in [3.05, 3.63) is 29.1 Å². The van der Waals surface area contributed by atoms with Gasteiger partial charge in [0.1, 0.15) is 0 Å². The molecule has 0 fully saturated rings. The number of carbonyl (C=O) groups excluding carboxylic acids is 1. The van der Waals surface area contributed by atoms with Gasteiger partial charge < -0.3 is 16.2 Å². The van der Waals surface area contributed by atoms with E-state index in [1.54, 1.807) is 13.8 Å². The highest BCUT2D eigenvalue weighted by Gasteiger charge is 2.26. The summed E-state index contributed by atoms with van der Waals surface area (Å²) in [5.41, 5.74) is 3.74. The van der Waals surface area contributed by atoms with Gasteiger partial charge in [0.2, 0.25) is 5.82 Å². The van der Waals surface area contributed by atoms with Gasteiger partial charge >= 0.3 is 0 Å². The van der Waals surface area contributed by atoms with Crippen molar-refractivity contribution in [3.8, 4) is 5.75 Å². The quantitative estimate of drug-likeness (QED) is 0.744. The lowest BCUT2D eigenvalue weighted by atomic mass is 10.0. The maximum Gasteiger partial charge on any atom is 0.254 e. The molecule has 0 aliphatic heterocycles. The molecule has 8 heteroatoms. The van der Waals surface area contributed by atoms with Crippen LogP contribution in [0, 0.1) is 17.5 Å². The van der Waals surface area contributed by atoms with Crippen LogP contribution in [0.25, 0.3) is 0 Å². The molecule has 0 aliphatic carbocycles. The summed E-state index contributed by atoms with van der Waals surface area (Å²) < 4.78 is 39.2. The van der Waals surface area contributed by atoms with Crippen molar-refractivity contribution in [3.63, 3.8) is 0 Å². The molecule has 4 N–H and O–H groups in total. The van der Waals surface area contributed by atoms with Crippen molar-refractivity contribution in [1.29, 1.82) is 0 Å². The Morgan fingerprint density at radius 1 is 1.37 bits per heavy atom. The number of nitrogens with one attached hydrogen (secondary N) is 1. The van der Waals surface area contributed by atoms with E-state index < -0.39 is 40.2 Å². The van der Waals surface area contributed by atoms with Gasteiger partial charge in [-0.25, -0.2) is 8.78 Å². The van der Waals surface area contributed by atoms with Crippen molar-refractivity contribution in [1.82, 2.24) is 5.32 Å². The molecule has 0 heterocycles. The number of aromatic hydroxyl groups is 1. The minimum atomic E-state index is -1.73. The van der Waals surface area contributed by atoms with Crippen LogP contribution in [0.15, 0.2) is 6.07 Å². The van der Waals surface area contributed by atoms with Crippen LogP contribution in [0.3, 0.4) is 0 Å². The summed E-state index contributed by atoms with van der Waals surface area (Å²) in [6, 6.07) is 0.381. The normalized spacial score (nSPS) is 10.8. The molecule has 0 saturated carbocycles. The molecule has 1 amide bonds. The molecule has 19 heavy (non-hydrogen) atoms. The van der Waals surface area contributed by atoms with Gasteiger partial charge in [-0.1, -0.05) is 0 Å². The second-order valence-corrected chi connectivity index (χ2v) is 4.42. The zero-order chi connectivity index (χ0) is 14.1. The molecule has 1 aromatic carbocycles. The number of phenols is 1. The second-order valence-electron chi connectivity index (χ2n) is 4.42. The van der Waals surface area contributed by atoms with Gasteiger partial charge in [0, 0.05) is 12.1 Å². The van der Waals surface area contributed by atoms with E-state index in [0.29, 0.717) is 6.07 Å². The van der Waals surface area contributed by atoms with Crippen LogP contribution >= 0.6 is 12.4 Å². The number of amides is 1. The van der Waals surface area contributed by atoms with Gasteiger partial charge in [-0.2, -0.15) is 4.39 Å². The molecule has 0 spiro atoms. The molecule has 4 nitrogen and oxygen atoms in total. The van der Waals surface area contributed by atoms with E-state index in [-0.39, 0.29) is 19.0 Å². The topological polar surface area (TPSA) is 75.3 Å². The van der Waals surface area contributed by atoms with E-state index in [9.17, 15) is 18.0 Å². The molecule has 0 bridgehead atoms. The van der Waals surface area contributed by atoms with Crippen LogP contribution in [0.2, 0.25) is 0 Å². The van der Waals surface area contributed by atoms with E-state index >= 15 is 0 Å². The third-order valence-corrected chi connectivity index (χ3v) is 2.34. The van der Waals surface area contributed by atoms with Gasteiger partial charge in [0.05, 0.1) is 5.56 Å². The molecular weight excluding hydrogens is 285 g/mol. The maximum atomic E-state index is 13.4. The Kier molecular flexibility index (Phi) is 5.64. The molecule has 0 atom stereocenters. The van der Waals surface area contributed by atoms with Crippen LogP contribution < -0.4 is 11.1 Å². The first-order valence-corrected chi connectivity index (χ1v) is 5.08. The van der Waals surface area contributed by atoms with Crippen LogP contribution in [0.1, 0.15) is 24.2 Å². The smallest absolute Gasteiger partial charge is 0.254 e. The number of phenolic OH excluding ortho intramolecular Hbond substituents is 1. The molecule has 0 aromatic heterocycles. The minimum Gasteiger partial charge on any atom is -0.503 e. The molecule has 0 radical (unpaired) electrons. The maximum absolute atomic E-state index is 13.4. The lowest BCUT2D eigenvalue weighted by Gasteiger charge is -2.24. The summed E-state index contributed by atoms with van der Waals surface area (Å²) in [5, 5.41) is 11.3. The van der Waals surface area contributed by atoms with Gasteiger partial charge in [0.15, 0.2) is 17.4 Å². The van der Waals surface area contributed by atoms with E-state index in [4.69, 9.17) is 10.8 Å². The zero-order valence-corrected chi connectivity index (χ0v) is 11.1. The summed E-state index contributed by atoms with van der Waals surface area (Å²) in [6.45, 7) is 3.21. The van der Waals surface area contributed by atoms with Gasteiger partial charge in [-0.3, -0.25) is 4.79 Å². The third-order valence-electron chi connectivity index (χ3n) is 2.34. The van der Waals surface area contributed by atoms with Crippen LogP contribution in [-0.4, -0.2) is 23.1 Å². The van der Waals surface area contributed by atoms with Crippen molar-refractivity contribution in [2.75, 3.05) is 6.54 Å². The molecule has 1 aromatic rings. The second kappa shape index (κ2) is 6.12. The Morgan fingerprint density at radius 3 is 2.37 bits per heavy atom. The fourth-order valence-electron chi connectivity index (χ4n) is 1.18. The molecule has 0 saturated heterocycles. The van der Waals surface area contributed by atoms with Crippen molar-refractivity contribution in [2.45, 2.75) is 19.4 Å². The van der Waals surface area contributed by atoms with Crippen molar-refractivity contribution in [2.24, 2.45) is 5.73 Å². The minimum absolute atomic E-state index is 0. The average Bonchev–Trinajstić information content (AvgIpc) is 2.30. The Balaban J connectivity index is 0.00000324. The van der Waals surface area contributed by atoms with E-state index in [2.05, 4.69) is 5.32 Å². The Bertz CT molecular complexity index is 495. The monoisotopic (exact) mass is 298 g/mol. The number of benzene rings is 1. The first-order chi connectivity index (χ1) is 8.19. The largest absolute Gasteiger partial charge is 0.503 e. The number of rotatable bonds is 3. The number of nitrogens with two attached hydrogens (primary N) is 1. The first kappa shape index (κ1) is 17.5. The Hall–Kier alpha value is -1.47. The van der Waals surface area contributed by atoms with Crippen LogP contribution in [0.4, 0.5) is 13.2 Å². The lowest BCUT2D eigenvalue weighted by Crippen LogP contribution is -2.49. The number of carbonyl (C=O) groups is 1. The number of halogens is 4. The highest BCUT2D eigenvalue weighted by atomic mass is 35.5. The summed E-state index contributed by atoms with van der Waals surface area (Å²) in [7, 11) is 0. The lowest BCUT2D eigenvalue weighted by molar-refractivity contribution is 0.0909. The number of hydrogen-bond donors (Lipinski definition) is 3. The molecule has 0 aliphatic rings. The summed E-state index contributed by atoms with van der Waals surface area (Å²) in [6.07, 6.45) is 0. The zero-order valence-electron chi connectivity index (χ0n) is 10.3. The highest BCUT2D eigenvalue weighted by Crippen LogP contribution is 2.26. The summed E-state index contributed by atoms with van der Waals surface area (Å²) >= 11 is 0. The fourth-order valence-corrected chi connectivity index (χ4v) is 1.18.